The van der Waals surface area contributed by atoms with Gasteiger partial charge in [0.25, 0.3) is 5.91 Å². The van der Waals surface area contributed by atoms with Gasteiger partial charge in [-0.05, 0) is 80.0 Å². The third-order valence-electron chi connectivity index (χ3n) is 8.78. The molecule has 0 saturated heterocycles. The van der Waals surface area contributed by atoms with E-state index in [4.69, 9.17) is 9.47 Å². The summed E-state index contributed by atoms with van der Waals surface area (Å²) in [6.45, 7) is 12.3. The zero-order chi connectivity index (χ0) is 35.1. The number of rotatable bonds is 25. The molecule has 2 rings (SSSR count). The zero-order valence-corrected chi connectivity index (χ0v) is 30.7. The molecule has 0 atom stereocenters. The van der Waals surface area contributed by atoms with Gasteiger partial charge in [-0.2, -0.15) is 0 Å². The van der Waals surface area contributed by atoms with Gasteiger partial charge in [0, 0.05) is 13.1 Å². The summed E-state index contributed by atoms with van der Waals surface area (Å²) in [7, 11) is 0. The van der Waals surface area contributed by atoms with E-state index in [1.807, 2.05) is 11.0 Å². The molecule has 2 aromatic rings. The number of ether oxygens (including phenoxy) is 2. The Morgan fingerprint density at radius 1 is 0.583 bits per heavy atom. The average Bonchev–Trinajstić information content (AvgIpc) is 3.08. The number of benzene rings is 2. The molecule has 0 aliphatic carbocycles. The van der Waals surface area contributed by atoms with Crippen LogP contribution in [-0.4, -0.2) is 54.2 Å². The molecule has 2 aromatic carbocycles. The number of esters is 2. The fraction of sp³-hybridized carbons (Fsp3) is 0.634. The second kappa shape index (κ2) is 23.9. The van der Waals surface area contributed by atoms with Crippen LogP contribution in [0.1, 0.15) is 178 Å². The Hall–Kier alpha value is -3.35. The van der Waals surface area contributed by atoms with E-state index in [0.29, 0.717) is 49.4 Å². The highest BCUT2D eigenvalue weighted by Gasteiger charge is 2.22. The molecule has 1 N–H and O–H groups in total. The predicted molar refractivity (Wildman–Crippen MR) is 195 cm³/mol. The number of hydrogen-bond donors (Lipinski definition) is 1. The maximum absolute atomic E-state index is 13.7. The first kappa shape index (κ1) is 40.8. The maximum atomic E-state index is 13.7. The number of unbranched alkanes of at least 4 members (excludes halogenated alkanes) is 12. The molecule has 0 aromatic heterocycles. The maximum Gasteiger partial charge on any atom is 0.338 e. The van der Waals surface area contributed by atoms with Gasteiger partial charge in [-0.25, -0.2) is 9.59 Å². The van der Waals surface area contributed by atoms with Crippen molar-refractivity contribution >= 4 is 17.8 Å². The molecule has 268 valence electrons. The number of carbonyl (C=O) groups is 3. The molecule has 1 amide bonds. The van der Waals surface area contributed by atoms with Gasteiger partial charge in [-0.3, -0.25) is 4.79 Å². The summed E-state index contributed by atoms with van der Waals surface area (Å²) in [4.78, 5) is 41.9. The molecule has 0 saturated carbocycles. The summed E-state index contributed by atoms with van der Waals surface area (Å²) in [5, 5.41) is 10.9. The van der Waals surface area contributed by atoms with E-state index in [1.165, 1.54) is 38.5 Å². The molecule has 0 fully saturated rings. The number of nitrogens with zero attached hydrogens (tertiary/aromatic N) is 1. The monoisotopic (exact) mass is 665 g/mol. The smallest absolute Gasteiger partial charge is 0.338 e. The van der Waals surface area contributed by atoms with Crippen LogP contribution >= 0.6 is 0 Å². The van der Waals surface area contributed by atoms with Crippen LogP contribution in [0.5, 0.6) is 5.75 Å². The minimum atomic E-state index is -0.462. The molecular weight excluding hydrogens is 602 g/mol. The summed E-state index contributed by atoms with van der Waals surface area (Å²) >= 11 is 0. The van der Waals surface area contributed by atoms with Gasteiger partial charge in [0.2, 0.25) is 0 Å². The lowest BCUT2D eigenvalue weighted by atomic mass is 9.96. The molecule has 7 nitrogen and oxygen atoms in total. The number of amides is 1. The lowest BCUT2D eigenvalue weighted by molar-refractivity contribution is 0.0495. The number of aryl methyl sites for hydroxylation is 1. The van der Waals surface area contributed by atoms with Gasteiger partial charge < -0.3 is 19.5 Å². The van der Waals surface area contributed by atoms with Crippen LogP contribution in [0.4, 0.5) is 0 Å². The third kappa shape index (κ3) is 14.8. The van der Waals surface area contributed by atoms with Gasteiger partial charge in [0.1, 0.15) is 5.75 Å². The Balaban J connectivity index is 2.29. The van der Waals surface area contributed by atoms with E-state index in [-0.39, 0.29) is 17.2 Å². The Morgan fingerprint density at radius 3 is 1.50 bits per heavy atom. The molecule has 0 radical (unpaired) electrons. The Bertz CT molecular complexity index is 1200. The van der Waals surface area contributed by atoms with Crippen molar-refractivity contribution in [1.29, 1.82) is 0 Å². The second-order valence-electron chi connectivity index (χ2n) is 13.2. The second-order valence-corrected chi connectivity index (χ2v) is 13.2. The van der Waals surface area contributed by atoms with Crippen LogP contribution in [0.3, 0.4) is 0 Å². The highest BCUT2D eigenvalue weighted by atomic mass is 16.5. The molecule has 48 heavy (non-hydrogen) atoms. The van der Waals surface area contributed by atoms with Gasteiger partial charge in [-0.1, -0.05) is 111 Å². The molecule has 0 aliphatic rings. The van der Waals surface area contributed by atoms with E-state index < -0.39 is 11.9 Å². The lowest BCUT2D eigenvalue weighted by Gasteiger charge is -2.23. The molecule has 0 unspecified atom stereocenters. The van der Waals surface area contributed by atoms with Crippen molar-refractivity contribution in [2.45, 2.75) is 144 Å². The standard InChI is InChI=1S/C41H63NO6/c1-6-10-14-16-18-20-24-47-40(45)35-28-34(29-36(31-35)41(46)48-25-21-19-17-15-11-7-2)27-33-26-32(5)38(43)37(30-33)39(44)42(22-12-8-3)23-13-9-4/h26,28-31,43H,6-25,27H2,1-5H3. The lowest BCUT2D eigenvalue weighted by Crippen LogP contribution is -2.33. The first-order chi connectivity index (χ1) is 23.2. The number of aromatic hydroxyl groups is 1. The third-order valence-corrected chi connectivity index (χ3v) is 8.78. The Labute approximate surface area is 290 Å². The predicted octanol–water partition coefficient (Wildman–Crippen LogP) is 10.4. The van der Waals surface area contributed by atoms with Crippen LogP contribution in [0, 0.1) is 6.92 Å². The largest absolute Gasteiger partial charge is 0.507 e. The quantitative estimate of drug-likeness (QED) is 0.0838. The van der Waals surface area contributed by atoms with E-state index >= 15 is 0 Å². The highest BCUT2D eigenvalue weighted by Crippen LogP contribution is 2.28. The van der Waals surface area contributed by atoms with Gasteiger partial charge >= 0.3 is 11.9 Å². The molecule has 0 bridgehead atoms. The van der Waals surface area contributed by atoms with Crippen LogP contribution < -0.4 is 0 Å². The SMILES string of the molecule is CCCCCCCCOC(=O)c1cc(Cc2cc(C)c(O)c(C(=O)N(CCCC)CCCC)c2)cc(C(=O)OCCCCCCCC)c1. The Morgan fingerprint density at radius 2 is 1.02 bits per heavy atom. The molecule has 7 heteroatoms. The zero-order valence-electron chi connectivity index (χ0n) is 30.7. The van der Waals surface area contributed by atoms with Crippen LogP contribution in [0.2, 0.25) is 0 Å². The van der Waals surface area contributed by atoms with Gasteiger partial charge in [-0.15, -0.1) is 0 Å². The van der Waals surface area contributed by atoms with Crippen LogP contribution in [0.25, 0.3) is 0 Å². The van der Waals surface area contributed by atoms with Crippen molar-refractivity contribution in [3.8, 4) is 5.75 Å². The molecular formula is C41H63NO6. The summed E-state index contributed by atoms with van der Waals surface area (Å²) in [5.74, 6) is -1.11. The first-order valence-corrected chi connectivity index (χ1v) is 18.8. The van der Waals surface area contributed by atoms with E-state index in [0.717, 1.165) is 75.3 Å². The topological polar surface area (TPSA) is 93.1 Å². The average molecular weight is 666 g/mol. The van der Waals surface area contributed by atoms with E-state index in [9.17, 15) is 19.5 Å². The summed E-state index contributed by atoms with van der Waals surface area (Å²) < 4.78 is 11.2. The van der Waals surface area contributed by atoms with Crippen molar-refractivity contribution < 1.29 is 29.0 Å². The van der Waals surface area contributed by atoms with Crippen molar-refractivity contribution in [2.24, 2.45) is 0 Å². The molecule has 0 spiro atoms. The minimum absolute atomic E-state index is 0.00673. The van der Waals surface area contributed by atoms with Gasteiger partial charge in [0.15, 0.2) is 0 Å². The summed E-state index contributed by atoms with van der Waals surface area (Å²) in [6, 6.07) is 8.68. The van der Waals surface area contributed by atoms with E-state index in [2.05, 4.69) is 27.7 Å². The minimum Gasteiger partial charge on any atom is -0.507 e. The number of phenols is 1. The fourth-order valence-electron chi connectivity index (χ4n) is 5.83. The summed E-state index contributed by atoms with van der Waals surface area (Å²) in [6.07, 6.45) is 17.2. The number of phenolic OH excluding ortho intramolecular Hbond substituents is 1. The van der Waals surface area contributed by atoms with Crippen LogP contribution in [0.15, 0.2) is 30.3 Å². The van der Waals surface area contributed by atoms with Crippen LogP contribution in [-0.2, 0) is 15.9 Å². The van der Waals surface area contributed by atoms with Crippen molar-refractivity contribution in [3.05, 3.63) is 63.7 Å². The normalized spacial score (nSPS) is 11.0. The van der Waals surface area contributed by atoms with Crippen molar-refractivity contribution in [2.75, 3.05) is 26.3 Å². The highest BCUT2D eigenvalue weighted by molar-refractivity contribution is 5.98. The first-order valence-electron chi connectivity index (χ1n) is 18.8. The van der Waals surface area contributed by atoms with Crippen molar-refractivity contribution in [1.82, 2.24) is 4.90 Å². The molecule has 0 heterocycles. The number of hydrogen-bond acceptors (Lipinski definition) is 6. The van der Waals surface area contributed by atoms with Gasteiger partial charge in [0.05, 0.1) is 29.9 Å². The number of carbonyl (C=O) groups excluding carboxylic acids is 3. The molecule has 0 aliphatic heterocycles. The summed E-state index contributed by atoms with van der Waals surface area (Å²) in [5.41, 5.74) is 3.04. The van der Waals surface area contributed by atoms with E-state index in [1.54, 1.807) is 31.2 Å². The Kier molecular flexibility index (Phi) is 20.3. The fourth-order valence-corrected chi connectivity index (χ4v) is 5.83. The van der Waals surface area contributed by atoms with Crippen molar-refractivity contribution in [3.63, 3.8) is 0 Å².